The number of carbonyl (C=O) groups excluding carboxylic acids is 1. The summed E-state index contributed by atoms with van der Waals surface area (Å²) in [6.45, 7) is 4.83. The van der Waals surface area contributed by atoms with E-state index in [1.807, 2.05) is 38.9 Å². The van der Waals surface area contributed by atoms with Crippen LogP contribution in [-0.4, -0.2) is 31.3 Å². The van der Waals surface area contributed by atoms with E-state index in [-0.39, 0.29) is 11.7 Å². The molecule has 70 valence electrons. The first-order chi connectivity index (χ1) is 5.57. The van der Waals surface area contributed by atoms with Gasteiger partial charge >= 0.3 is 0 Å². The van der Waals surface area contributed by atoms with E-state index in [0.29, 0.717) is 0 Å². The quantitative estimate of drug-likeness (QED) is 0.584. The molecule has 0 saturated carbocycles. The molecule has 0 aliphatic heterocycles. The Morgan fingerprint density at radius 3 is 2.50 bits per heavy atom. The van der Waals surface area contributed by atoms with Gasteiger partial charge in [0.2, 0.25) is 0 Å². The summed E-state index contributed by atoms with van der Waals surface area (Å²) in [6, 6.07) is 0. The Kier molecular flexibility index (Phi) is 5.64. The molecular formula is C10H19NO. The predicted octanol–water partition coefficient (Wildman–Crippen LogP) is 1.72. The monoisotopic (exact) mass is 169 g/mol. The second kappa shape index (κ2) is 5.95. The van der Waals surface area contributed by atoms with Gasteiger partial charge in [0.1, 0.15) is 0 Å². The highest BCUT2D eigenvalue weighted by Gasteiger charge is 2.05. The molecule has 0 saturated heterocycles. The minimum atomic E-state index is 0.170. The number of carbonyl (C=O) groups is 1. The number of likely N-dealkylation sites (N-methyl/N-ethyl adjacent to an activating group) is 1. The molecule has 0 aromatic heterocycles. The molecule has 0 aromatic carbocycles. The first-order valence-electron chi connectivity index (χ1n) is 4.43. The van der Waals surface area contributed by atoms with Crippen LogP contribution in [0, 0.1) is 5.92 Å². The fourth-order valence-corrected chi connectivity index (χ4v) is 0.745. The number of nitrogens with zero attached hydrogens (tertiary/aromatic N) is 1. The van der Waals surface area contributed by atoms with E-state index in [4.69, 9.17) is 0 Å². The third-order valence-electron chi connectivity index (χ3n) is 1.85. The Hall–Kier alpha value is -0.630. The van der Waals surface area contributed by atoms with Crippen molar-refractivity contribution in [2.45, 2.75) is 20.3 Å². The van der Waals surface area contributed by atoms with Crippen molar-refractivity contribution in [3.05, 3.63) is 12.2 Å². The third kappa shape index (κ3) is 5.08. The molecule has 0 fully saturated rings. The highest BCUT2D eigenvalue weighted by molar-refractivity contribution is 5.91. The number of hydrogen-bond acceptors (Lipinski definition) is 2. The van der Waals surface area contributed by atoms with Gasteiger partial charge in [-0.05, 0) is 26.6 Å². The van der Waals surface area contributed by atoms with Crippen molar-refractivity contribution in [2.24, 2.45) is 5.92 Å². The number of ketones is 1. The van der Waals surface area contributed by atoms with Gasteiger partial charge in [0.05, 0.1) is 0 Å². The van der Waals surface area contributed by atoms with Crippen LogP contribution in [0.1, 0.15) is 20.3 Å². The molecular weight excluding hydrogens is 150 g/mol. The molecule has 0 aromatic rings. The third-order valence-corrected chi connectivity index (χ3v) is 1.85. The lowest BCUT2D eigenvalue weighted by Crippen LogP contribution is -2.12. The summed E-state index contributed by atoms with van der Waals surface area (Å²) in [4.78, 5) is 13.3. The number of hydrogen-bond donors (Lipinski definition) is 0. The minimum absolute atomic E-state index is 0.170. The number of rotatable bonds is 5. The lowest BCUT2D eigenvalue weighted by atomic mass is 10.0. The van der Waals surface area contributed by atoms with E-state index in [9.17, 15) is 4.79 Å². The molecule has 0 rings (SSSR count). The summed E-state index contributed by atoms with van der Waals surface area (Å²) >= 11 is 0. The van der Waals surface area contributed by atoms with Gasteiger partial charge in [0, 0.05) is 12.5 Å². The lowest BCUT2D eigenvalue weighted by molar-refractivity contribution is -0.117. The number of allylic oxidation sites excluding steroid dienone is 1. The van der Waals surface area contributed by atoms with Gasteiger partial charge in [-0.2, -0.15) is 0 Å². The SMILES string of the molecule is CCC(C)C(=O)/C=C/CN(C)C. The Balaban J connectivity index is 3.75. The smallest absolute Gasteiger partial charge is 0.158 e. The normalized spacial score (nSPS) is 14.1. The maximum absolute atomic E-state index is 11.3. The summed E-state index contributed by atoms with van der Waals surface area (Å²) in [6.07, 6.45) is 4.52. The first kappa shape index (κ1) is 11.4. The maximum Gasteiger partial charge on any atom is 0.158 e. The standard InChI is InChI=1S/C10H19NO/c1-5-9(2)10(12)7-6-8-11(3)4/h6-7,9H,5,8H2,1-4H3/b7-6+. The minimum Gasteiger partial charge on any atom is -0.306 e. The van der Waals surface area contributed by atoms with Crippen molar-refractivity contribution in [3.8, 4) is 0 Å². The van der Waals surface area contributed by atoms with Crippen molar-refractivity contribution in [2.75, 3.05) is 20.6 Å². The highest BCUT2D eigenvalue weighted by Crippen LogP contribution is 2.02. The topological polar surface area (TPSA) is 20.3 Å². The molecule has 0 aliphatic rings. The molecule has 0 radical (unpaired) electrons. The average molecular weight is 169 g/mol. The van der Waals surface area contributed by atoms with Crippen LogP contribution >= 0.6 is 0 Å². The Labute approximate surface area is 75.3 Å². The Bertz CT molecular complexity index is 161. The largest absolute Gasteiger partial charge is 0.306 e. The van der Waals surface area contributed by atoms with E-state index in [2.05, 4.69) is 0 Å². The van der Waals surface area contributed by atoms with Gasteiger partial charge < -0.3 is 4.90 Å². The van der Waals surface area contributed by atoms with Crippen molar-refractivity contribution in [1.29, 1.82) is 0 Å². The summed E-state index contributed by atoms with van der Waals surface area (Å²) in [5.41, 5.74) is 0. The van der Waals surface area contributed by atoms with Crippen molar-refractivity contribution < 1.29 is 4.79 Å². The summed E-state index contributed by atoms with van der Waals surface area (Å²) in [5, 5.41) is 0. The van der Waals surface area contributed by atoms with E-state index < -0.39 is 0 Å². The van der Waals surface area contributed by atoms with Crippen LogP contribution in [0.25, 0.3) is 0 Å². The van der Waals surface area contributed by atoms with E-state index >= 15 is 0 Å². The fraction of sp³-hybridized carbons (Fsp3) is 0.700. The van der Waals surface area contributed by atoms with Crippen molar-refractivity contribution in [1.82, 2.24) is 4.90 Å². The molecule has 0 aliphatic carbocycles. The van der Waals surface area contributed by atoms with Crippen molar-refractivity contribution in [3.63, 3.8) is 0 Å². The Morgan fingerprint density at radius 2 is 2.08 bits per heavy atom. The van der Waals surface area contributed by atoms with Crippen LogP contribution in [0.2, 0.25) is 0 Å². The summed E-state index contributed by atoms with van der Waals surface area (Å²) in [7, 11) is 3.97. The molecule has 2 heteroatoms. The van der Waals surface area contributed by atoms with Crippen molar-refractivity contribution >= 4 is 5.78 Å². The van der Waals surface area contributed by atoms with Crippen LogP contribution in [0.15, 0.2) is 12.2 Å². The molecule has 0 amide bonds. The maximum atomic E-state index is 11.3. The lowest BCUT2D eigenvalue weighted by Gasteiger charge is -2.05. The molecule has 0 spiro atoms. The molecule has 2 nitrogen and oxygen atoms in total. The van der Waals surface area contributed by atoms with E-state index in [1.54, 1.807) is 6.08 Å². The summed E-state index contributed by atoms with van der Waals surface area (Å²) in [5.74, 6) is 0.405. The zero-order chi connectivity index (χ0) is 9.56. The van der Waals surface area contributed by atoms with Crippen LogP contribution in [0.5, 0.6) is 0 Å². The van der Waals surface area contributed by atoms with Crippen LogP contribution in [0.3, 0.4) is 0 Å². The molecule has 1 atom stereocenters. The van der Waals surface area contributed by atoms with Gasteiger partial charge in [-0.15, -0.1) is 0 Å². The Morgan fingerprint density at radius 1 is 1.50 bits per heavy atom. The molecule has 1 unspecified atom stereocenters. The highest BCUT2D eigenvalue weighted by atomic mass is 16.1. The fourth-order valence-electron chi connectivity index (χ4n) is 0.745. The zero-order valence-electron chi connectivity index (χ0n) is 8.50. The molecule has 0 heterocycles. The zero-order valence-corrected chi connectivity index (χ0v) is 8.50. The van der Waals surface area contributed by atoms with Gasteiger partial charge in [0.25, 0.3) is 0 Å². The van der Waals surface area contributed by atoms with Crippen LogP contribution < -0.4 is 0 Å². The second-order valence-corrected chi connectivity index (χ2v) is 3.38. The van der Waals surface area contributed by atoms with E-state index in [0.717, 1.165) is 13.0 Å². The summed E-state index contributed by atoms with van der Waals surface area (Å²) < 4.78 is 0. The predicted molar refractivity (Wildman–Crippen MR) is 52.2 cm³/mol. The van der Waals surface area contributed by atoms with E-state index in [1.165, 1.54) is 0 Å². The van der Waals surface area contributed by atoms with Crippen LogP contribution in [0.4, 0.5) is 0 Å². The van der Waals surface area contributed by atoms with Gasteiger partial charge in [0.15, 0.2) is 5.78 Å². The van der Waals surface area contributed by atoms with Gasteiger partial charge in [-0.25, -0.2) is 0 Å². The van der Waals surface area contributed by atoms with Gasteiger partial charge in [-0.3, -0.25) is 4.79 Å². The molecule has 0 bridgehead atoms. The molecule has 0 N–H and O–H groups in total. The second-order valence-electron chi connectivity index (χ2n) is 3.38. The molecule has 12 heavy (non-hydrogen) atoms. The van der Waals surface area contributed by atoms with Gasteiger partial charge in [-0.1, -0.05) is 19.9 Å². The van der Waals surface area contributed by atoms with Crippen LogP contribution in [-0.2, 0) is 4.79 Å². The first-order valence-corrected chi connectivity index (χ1v) is 4.43. The average Bonchev–Trinajstić information content (AvgIpc) is 2.02.